The van der Waals surface area contributed by atoms with Crippen LogP contribution in [-0.2, 0) is 0 Å². The van der Waals surface area contributed by atoms with Crippen LogP contribution in [-0.4, -0.2) is 0 Å². The van der Waals surface area contributed by atoms with Gasteiger partial charge in [-0.2, -0.15) is 0 Å². The summed E-state index contributed by atoms with van der Waals surface area (Å²) in [5.41, 5.74) is 1.06. The van der Waals surface area contributed by atoms with Gasteiger partial charge in [0.15, 0.2) is 0 Å². The molecule has 0 aliphatic heterocycles. The molecule has 0 amide bonds. The average molecular weight is 168 g/mol. The monoisotopic (exact) mass is 168 g/mol. The fourth-order valence-corrected chi connectivity index (χ4v) is 2.80. The molecule has 0 aromatic carbocycles. The van der Waals surface area contributed by atoms with Crippen LogP contribution < -0.4 is 0 Å². The van der Waals surface area contributed by atoms with Gasteiger partial charge in [0.05, 0.1) is 0 Å². The van der Waals surface area contributed by atoms with E-state index in [1.54, 1.807) is 0 Å². The molecule has 1 fully saturated rings. The van der Waals surface area contributed by atoms with Crippen LogP contribution >= 0.6 is 0 Å². The molecule has 72 valence electrons. The minimum atomic E-state index is 0.522. The van der Waals surface area contributed by atoms with E-state index in [9.17, 15) is 0 Å². The van der Waals surface area contributed by atoms with Crippen molar-refractivity contribution in [2.24, 2.45) is 22.7 Å². The van der Waals surface area contributed by atoms with E-state index < -0.39 is 0 Å². The molecule has 1 aliphatic carbocycles. The van der Waals surface area contributed by atoms with Crippen molar-refractivity contribution >= 4 is 0 Å². The van der Waals surface area contributed by atoms with Crippen LogP contribution in [0.25, 0.3) is 0 Å². The Hall–Kier alpha value is 0. The van der Waals surface area contributed by atoms with Crippen LogP contribution in [0.4, 0.5) is 0 Å². The number of hydrogen-bond donors (Lipinski definition) is 0. The summed E-state index contributed by atoms with van der Waals surface area (Å²) < 4.78 is 0. The smallest absolute Gasteiger partial charge is 0.0275 e. The molecule has 1 aliphatic rings. The van der Waals surface area contributed by atoms with Crippen molar-refractivity contribution in [3.8, 4) is 0 Å². The van der Waals surface area contributed by atoms with Gasteiger partial charge < -0.3 is 0 Å². The van der Waals surface area contributed by atoms with E-state index in [4.69, 9.17) is 0 Å². The second-order valence-corrected chi connectivity index (χ2v) is 5.77. The molecule has 0 radical (unpaired) electrons. The molecule has 1 saturated carbocycles. The van der Waals surface area contributed by atoms with Crippen molar-refractivity contribution in [2.45, 2.75) is 54.4 Å². The SMILES string of the molecule is CCC1CC(C)(C)C(C)(C)C1C. The standard InChI is InChI=1S/C12H24/c1-7-10-8-11(3,4)12(5,6)9(10)2/h9-10H,7-8H2,1-6H3. The maximum atomic E-state index is 2.44. The van der Waals surface area contributed by atoms with E-state index in [-0.39, 0.29) is 0 Å². The zero-order valence-electron chi connectivity index (χ0n) is 9.57. The molecule has 0 bridgehead atoms. The Morgan fingerprint density at radius 3 is 1.83 bits per heavy atom. The third kappa shape index (κ3) is 1.20. The summed E-state index contributed by atoms with van der Waals surface area (Å²) in [5, 5.41) is 0. The largest absolute Gasteiger partial charge is 0.0651 e. The number of hydrogen-bond acceptors (Lipinski definition) is 0. The summed E-state index contributed by atoms with van der Waals surface area (Å²) in [6.07, 6.45) is 2.77. The van der Waals surface area contributed by atoms with E-state index >= 15 is 0 Å². The highest BCUT2D eigenvalue weighted by molar-refractivity contribution is 4.99. The molecule has 2 atom stereocenters. The zero-order chi connectivity index (χ0) is 9.57. The first kappa shape index (κ1) is 10.1. The number of rotatable bonds is 1. The minimum Gasteiger partial charge on any atom is -0.0651 e. The topological polar surface area (TPSA) is 0 Å². The molecule has 2 unspecified atom stereocenters. The summed E-state index contributed by atoms with van der Waals surface area (Å²) in [4.78, 5) is 0. The van der Waals surface area contributed by atoms with Crippen molar-refractivity contribution in [1.29, 1.82) is 0 Å². The van der Waals surface area contributed by atoms with Crippen molar-refractivity contribution in [2.75, 3.05) is 0 Å². The summed E-state index contributed by atoms with van der Waals surface area (Å²) in [5.74, 6) is 1.84. The first-order valence-corrected chi connectivity index (χ1v) is 5.33. The van der Waals surface area contributed by atoms with Crippen LogP contribution in [0.1, 0.15) is 54.4 Å². The molecule has 0 nitrogen and oxygen atoms in total. The maximum Gasteiger partial charge on any atom is -0.0275 e. The Labute approximate surface area is 77.7 Å². The van der Waals surface area contributed by atoms with Gasteiger partial charge in [-0.15, -0.1) is 0 Å². The molecule has 0 spiro atoms. The molecule has 1 rings (SSSR count). The third-order valence-electron chi connectivity index (χ3n) is 4.89. The fourth-order valence-electron chi connectivity index (χ4n) is 2.80. The predicted octanol–water partition coefficient (Wildman–Crippen LogP) is 4.10. The van der Waals surface area contributed by atoms with Crippen LogP contribution in [0.2, 0.25) is 0 Å². The average Bonchev–Trinajstić information content (AvgIpc) is 2.11. The molecular formula is C12H24. The molecule has 12 heavy (non-hydrogen) atoms. The lowest BCUT2D eigenvalue weighted by atomic mass is 9.67. The van der Waals surface area contributed by atoms with Gasteiger partial charge in [-0.25, -0.2) is 0 Å². The van der Waals surface area contributed by atoms with Crippen molar-refractivity contribution in [3.63, 3.8) is 0 Å². The van der Waals surface area contributed by atoms with Crippen LogP contribution in [0.5, 0.6) is 0 Å². The van der Waals surface area contributed by atoms with Gasteiger partial charge in [0, 0.05) is 0 Å². The van der Waals surface area contributed by atoms with Gasteiger partial charge in [-0.05, 0) is 29.1 Å². The zero-order valence-corrected chi connectivity index (χ0v) is 9.57. The van der Waals surface area contributed by atoms with Gasteiger partial charge >= 0.3 is 0 Å². The first-order valence-electron chi connectivity index (χ1n) is 5.33. The Bertz CT molecular complexity index is 165. The van der Waals surface area contributed by atoms with Gasteiger partial charge in [0.25, 0.3) is 0 Å². The van der Waals surface area contributed by atoms with Crippen LogP contribution in [0.3, 0.4) is 0 Å². The molecule has 0 N–H and O–H groups in total. The van der Waals surface area contributed by atoms with Gasteiger partial charge in [0.1, 0.15) is 0 Å². The van der Waals surface area contributed by atoms with Gasteiger partial charge in [0.2, 0.25) is 0 Å². The lowest BCUT2D eigenvalue weighted by Gasteiger charge is -2.38. The lowest BCUT2D eigenvalue weighted by Crippen LogP contribution is -2.30. The van der Waals surface area contributed by atoms with E-state index in [0.717, 1.165) is 11.8 Å². The highest BCUT2D eigenvalue weighted by atomic mass is 14.5. The molecule has 0 heterocycles. The Morgan fingerprint density at radius 2 is 1.67 bits per heavy atom. The molecule has 0 saturated heterocycles. The maximum absolute atomic E-state index is 2.44. The second kappa shape index (κ2) is 2.75. The first-order chi connectivity index (χ1) is 5.33. The van der Waals surface area contributed by atoms with Crippen molar-refractivity contribution in [3.05, 3.63) is 0 Å². The van der Waals surface area contributed by atoms with Crippen LogP contribution in [0, 0.1) is 22.7 Å². The van der Waals surface area contributed by atoms with E-state index in [1.165, 1.54) is 12.8 Å². The highest BCUT2D eigenvalue weighted by Crippen LogP contribution is 2.58. The minimum absolute atomic E-state index is 0.522. The normalized spacial score (nSPS) is 38.5. The van der Waals surface area contributed by atoms with Crippen LogP contribution in [0.15, 0.2) is 0 Å². The summed E-state index contributed by atoms with van der Waals surface area (Å²) in [6, 6.07) is 0. The fraction of sp³-hybridized carbons (Fsp3) is 1.00. The Morgan fingerprint density at radius 1 is 1.17 bits per heavy atom. The van der Waals surface area contributed by atoms with Crippen molar-refractivity contribution < 1.29 is 0 Å². The Balaban J connectivity index is 2.88. The predicted molar refractivity (Wildman–Crippen MR) is 55.1 cm³/mol. The molecule has 0 heteroatoms. The lowest BCUT2D eigenvalue weighted by molar-refractivity contribution is 0.112. The van der Waals surface area contributed by atoms with Crippen molar-refractivity contribution in [1.82, 2.24) is 0 Å². The third-order valence-corrected chi connectivity index (χ3v) is 4.89. The summed E-state index contributed by atoms with van der Waals surface area (Å²) in [7, 11) is 0. The Kier molecular flexibility index (Phi) is 2.31. The molecule has 0 aromatic rings. The quantitative estimate of drug-likeness (QED) is 0.553. The second-order valence-electron chi connectivity index (χ2n) is 5.77. The highest BCUT2D eigenvalue weighted by Gasteiger charge is 2.50. The summed E-state index contributed by atoms with van der Waals surface area (Å²) in [6.45, 7) is 14.5. The van der Waals surface area contributed by atoms with Gasteiger partial charge in [-0.1, -0.05) is 48.0 Å². The molecular weight excluding hydrogens is 144 g/mol. The van der Waals surface area contributed by atoms with E-state index in [0.29, 0.717) is 10.8 Å². The van der Waals surface area contributed by atoms with E-state index in [2.05, 4.69) is 41.5 Å². The van der Waals surface area contributed by atoms with Gasteiger partial charge in [-0.3, -0.25) is 0 Å². The van der Waals surface area contributed by atoms with E-state index in [1.807, 2.05) is 0 Å². The molecule has 0 aromatic heterocycles. The summed E-state index contributed by atoms with van der Waals surface area (Å²) >= 11 is 0.